The van der Waals surface area contributed by atoms with Crippen molar-refractivity contribution in [2.24, 2.45) is 0 Å². The molecule has 0 fully saturated rings. The molecule has 0 saturated heterocycles. The molecule has 0 bridgehead atoms. The molecule has 2 nitrogen and oxygen atoms in total. The zero-order valence-corrected chi connectivity index (χ0v) is 11.1. The van der Waals surface area contributed by atoms with Crippen molar-refractivity contribution >= 4 is 18.1 Å². The molecule has 2 aromatic rings. The molecule has 0 aliphatic carbocycles. The van der Waals surface area contributed by atoms with E-state index >= 15 is 0 Å². The van der Waals surface area contributed by atoms with Gasteiger partial charge in [0.25, 0.3) is 0 Å². The van der Waals surface area contributed by atoms with Gasteiger partial charge in [0.15, 0.2) is 0 Å². The lowest BCUT2D eigenvalue weighted by atomic mass is 10.0. The second kappa shape index (κ2) is 6.01. The van der Waals surface area contributed by atoms with E-state index in [1.807, 2.05) is 67.6 Å². The van der Waals surface area contributed by atoms with Crippen LogP contribution < -0.4 is 0 Å². The minimum Gasteiger partial charge on any atom is -0.465 e. The molecular formula is C17H16O2. The van der Waals surface area contributed by atoms with E-state index in [2.05, 4.69) is 0 Å². The molecule has 0 amide bonds. The van der Waals surface area contributed by atoms with Crippen molar-refractivity contribution in [1.82, 2.24) is 0 Å². The van der Waals surface area contributed by atoms with Crippen molar-refractivity contribution in [2.75, 3.05) is 7.11 Å². The highest BCUT2D eigenvalue weighted by atomic mass is 16.5. The summed E-state index contributed by atoms with van der Waals surface area (Å²) in [6.45, 7) is 1.90. The van der Waals surface area contributed by atoms with Gasteiger partial charge in [-0.15, -0.1) is 0 Å². The van der Waals surface area contributed by atoms with E-state index in [0.717, 1.165) is 16.7 Å². The highest BCUT2D eigenvalue weighted by molar-refractivity contribution is 5.92. The van der Waals surface area contributed by atoms with Crippen molar-refractivity contribution < 1.29 is 9.53 Å². The van der Waals surface area contributed by atoms with Crippen LogP contribution in [0.1, 0.15) is 27.0 Å². The van der Waals surface area contributed by atoms with Gasteiger partial charge in [0.2, 0.25) is 0 Å². The van der Waals surface area contributed by atoms with Crippen LogP contribution in [0.25, 0.3) is 12.2 Å². The topological polar surface area (TPSA) is 26.3 Å². The second-order valence-corrected chi connectivity index (χ2v) is 4.31. The summed E-state index contributed by atoms with van der Waals surface area (Å²) in [5, 5.41) is 0. The number of carbonyl (C=O) groups excluding carboxylic acids is 1. The molecule has 2 aromatic carbocycles. The average Bonchev–Trinajstić information content (AvgIpc) is 2.46. The monoisotopic (exact) mass is 252 g/mol. The minimum atomic E-state index is -0.299. The van der Waals surface area contributed by atoms with Crippen LogP contribution in [-0.2, 0) is 4.74 Å². The van der Waals surface area contributed by atoms with Gasteiger partial charge >= 0.3 is 5.97 Å². The summed E-state index contributed by atoms with van der Waals surface area (Å²) in [5.41, 5.74) is 3.64. The summed E-state index contributed by atoms with van der Waals surface area (Å²) in [6.07, 6.45) is 4.01. The maximum absolute atomic E-state index is 11.6. The SMILES string of the molecule is COC(=O)c1cc(/C=C/c2ccccc2)ccc1C. The quantitative estimate of drug-likeness (QED) is 0.610. The molecule has 2 heteroatoms. The third kappa shape index (κ3) is 3.32. The van der Waals surface area contributed by atoms with Crippen LogP contribution in [0.3, 0.4) is 0 Å². The van der Waals surface area contributed by atoms with Gasteiger partial charge < -0.3 is 4.74 Å². The molecule has 0 radical (unpaired) electrons. The fraction of sp³-hybridized carbons (Fsp3) is 0.118. The smallest absolute Gasteiger partial charge is 0.338 e. The number of carbonyl (C=O) groups is 1. The molecule has 0 atom stereocenters. The lowest BCUT2D eigenvalue weighted by Gasteiger charge is -2.04. The first-order valence-corrected chi connectivity index (χ1v) is 6.13. The largest absolute Gasteiger partial charge is 0.465 e. The lowest BCUT2D eigenvalue weighted by Crippen LogP contribution is -2.03. The van der Waals surface area contributed by atoms with Gasteiger partial charge in [-0.2, -0.15) is 0 Å². The summed E-state index contributed by atoms with van der Waals surface area (Å²) < 4.78 is 4.77. The number of ether oxygens (including phenoxy) is 1. The van der Waals surface area contributed by atoms with E-state index in [9.17, 15) is 4.79 Å². The second-order valence-electron chi connectivity index (χ2n) is 4.31. The highest BCUT2D eigenvalue weighted by Crippen LogP contribution is 2.15. The molecule has 0 unspecified atom stereocenters. The first kappa shape index (κ1) is 13.1. The third-order valence-electron chi connectivity index (χ3n) is 2.93. The predicted octanol–water partition coefficient (Wildman–Crippen LogP) is 3.95. The molecule has 0 spiro atoms. The zero-order valence-electron chi connectivity index (χ0n) is 11.1. The summed E-state index contributed by atoms with van der Waals surface area (Å²) in [5.74, 6) is -0.299. The van der Waals surface area contributed by atoms with E-state index in [-0.39, 0.29) is 5.97 Å². The third-order valence-corrected chi connectivity index (χ3v) is 2.93. The molecule has 0 aliphatic heterocycles. The van der Waals surface area contributed by atoms with Gasteiger partial charge in [0.05, 0.1) is 12.7 Å². The van der Waals surface area contributed by atoms with Gasteiger partial charge in [0.1, 0.15) is 0 Å². The van der Waals surface area contributed by atoms with Gasteiger partial charge in [-0.25, -0.2) is 4.79 Å². The summed E-state index contributed by atoms with van der Waals surface area (Å²) >= 11 is 0. The molecular weight excluding hydrogens is 236 g/mol. The van der Waals surface area contributed by atoms with Gasteiger partial charge in [-0.05, 0) is 29.7 Å². The zero-order chi connectivity index (χ0) is 13.7. The number of esters is 1. The Balaban J connectivity index is 2.27. The molecule has 2 rings (SSSR count). The van der Waals surface area contributed by atoms with Crippen LogP contribution >= 0.6 is 0 Å². The molecule has 0 N–H and O–H groups in total. The number of benzene rings is 2. The number of methoxy groups -OCH3 is 1. The summed E-state index contributed by atoms with van der Waals surface area (Å²) in [7, 11) is 1.40. The first-order valence-electron chi connectivity index (χ1n) is 6.13. The Kier molecular flexibility index (Phi) is 4.14. The van der Waals surface area contributed by atoms with Gasteiger partial charge in [0, 0.05) is 0 Å². The fourth-order valence-corrected chi connectivity index (χ4v) is 1.83. The fourth-order valence-electron chi connectivity index (χ4n) is 1.83. The normalized spacial score (nSPS) is 10.6. The lowest BCUT2D eigenvalue weighted by molar-refractivity contribution is 0.0600. The van der Waals surface area contributed by atoms with Crippen LogP contribution in [0, 0.1) is 6.92 Å². The maximum atomic E-state index is 11.6. The minimum absolute atomic E-state index is 0.299. The number of rotatable bonds is 3. The number of aryl methyl sites for hydroxylation is 1. The van der Waals surface area contributed by atoms with E-state index in [1.165, 1.54) is 7.11 Å². The van der Waals surface area contributed by atoms with Crippen molar-refractivity contribution in [3.63, 3.8) is 0 Å². The molecule has 0 heterocycles. The van der Waals surface area contributed by atoms with Crippen molar-refractivity contribution in [3.8, 4) is 0 Å². The first-order chi connectivity index (χ1) is 9.20. The van der Waals surface area contributed by atoms with Crippen LogP contribution in [0.2, 0.25) is 0 Å². The maximum Gasteiger partial charge on any atom is 0.338 e. The number of hydrogen-bond donors (Lipinski definition) is 0. The van der Waals surface area contributed by atoms with Crippen LogP contribution in [0.15, 0.2) is 48.5 Å². The Labute approximate surface area is 113 Å². The Hall–Kier alpha value is -2.35. The highest BCUT2D eigenvalue weighted by Gasteiger charge is 2.08. The van der Waals surface area contributed by atoms with Gasteiger partial charge in [-0.1, -0.05) is 54.6 Å². The molecule has 0 aromatic heterocycles. The summed E-state index contributed by atoms with van der Waals surface area (Å²) in [4.78, 5) is 11.6. The van der Waals surface area contributed by atoms with Gasteiger partial charge in [-0.3, -0.25) is 0 Å². The Bertz CT molecular complexity index is 598. The van der Waals surface area contributed by atoms with E-state index in [0.29, 0.717) is 5.56 Å². The van der Waals surface area contributed by atoms with Crippen molar-refractivity contribution in [3.05, 3.63) is 70.8 Å². The van der Waals surface area contributed by atoms with Crippen molar-refractivity contribution in [2.45, 2.75) is 6.92 Å². The Morgan fingerprint density at radius 2 is 1.68 bits per heavy atom. The molecule has 96 valence electrons. The Morgan fingerprint density at radius 3 is 2.37 bits per heavy atom. The molecule has 0 saturated carbocycles. The average molecular weight is 252 g/mol. The predicted molar refractivity (Wildman–Crippen MR) is 77.9 cm³/mol. The van der Waals surface area contributed by atoms with E-state index < -0.39 is 0 Å². The van der Waals surface area contributed by atoms with E-state index in [4.69, 9.17) is 4.74 Å². The van der Waals surface area contributed by atoms with Crippen LogP contribution in [0.5, 0.6) is 0 Å². The standard InChI is InChI=1S/C17H16O2/c1-13-8-9-15(12-16(13)17(18)19-2)11-10-14-6-4-3-5-7-14/h3-12H,1-2H3/b11-10+. The van der Waals surface area contributed by atoms with Crippen LogP contribution in [-0.4, -0.2) is 13.1 Å². The van der Waals surface area contributed by atoms with Crippen molar-refractivity contribution in [1.29, 1.82) is 0 Å². The summed E-state index contributed by atoms with van der Waals surface area (Å²) in [6, 6.07) is 15.8. The molecule has 0 aliphatic rings. The number of hydrogen-bond acceptors (Lipinski definition) is 2. The van der Waals surface area contributed by atoms with E-state index in [1.54, 1.807) is 0 Å². The molecule has 19 heavy (non-hydrogen) atoms. The van der Waals surface area contributed by atoms with Crippen LogP contribution in [0.4, 0.5) is 0 Å². The Morgan fingerprint density at radius 1 is 1.00 bits per heavy atom.